The minimum absolute atomic E-state index is 0.404. The zero-order valence-electron chi connectivity index (χ0n) is 8.49. The van der Waals surface area contributed by atoms with Crippen molar-refractivity contribution < 1.29 is 18.4 Å². The molecule has 1 spiro atoms. The van der Waals surface area contributed by atoms with Crippen molar-refractivity contribution in [1.82, 2.24) is 0 Å². The zero-order valence-corrected chi connectivity index (χ0v) is 12.6. The molecule has 7 heteroatoms. The van der Waals surface area contributed by atoms with Gasteiger partial charge in [0.15, 0.2) is 0 Å². The number of carbonyl (C=O) groups excluding carboxylic acids is 1. The van der Waals surface area contributed by atoms with Gasteiger partial charge in [0, 0.05) is 0 Å². The van der Waals surface area contributed by atoms with E-state index in [-0.39, 0.29) is 0 Å². The number of halogens is 2. The van der Waals surface area contributed by atoms with E-state index in [1.54, 1.807) is 12.7 Å². The van der Waals surface area contributed by atoms with Gasteiger partial charge in [0.1, 0.15) is 0 Å². The maximum atomic E-state index is 11.4. The van der Waals surface area contributed by atoms with E-state index in [9.17, 15) is 4.79 Å². The topological polar surface area (TPSA) is 44.8 Å². The van der Waals surface area contributed by atoms with Gasteiger partial charge < -0.3 is 0 Å². The number of hydrogen-bond donors (Lipinski definition) is 0. The van der Waals surface area contributed by atoms with Crippen LogP contribution in [0.2, 0.25) is 0 Å². The first-order chi connectivity index (χ1) is 6.64. The Hall–Kier alpha value is 0.520. The molecule has 0 bridgehead atoms. The van der Waals surface area contributed by atoms with Gasteiger partial charge in [-0.3, -0.25) is 0 Å². The van der Waals surface area contributed by atoms with E-state index >= 15 is 0 Å². The predicted octanol–water partition coefficient (Wildman–Crippen LogP) is 3.60. The Morgan fingerprint density at radius 1 is 1.53 bits per heavy atom. The van der Waals surface area contributed by atoms with Crippen molar-refractivity contribution in [3.8, 4) is 0 Å². The van der Waals surface area contributed by atoms with Crippen molar-refractivity contribution in [3.63, 3.8) is 0 Å². The van der Waals surface area contributed by atoms with Gasteiger partial charge in [0.2, 0.25) is 0 Å². The van der Waals surface area contributed by atoms with Gasteiger partial charge in [-0.2, -0.15) is 0 Å². The Balaban J connectivity index is 2.43. The van der Waals surface area contributed by atoms with E-state index in [1.165, 1.54) is 0 Å². The third kappa shape index (κ3) is 1.80. The molecule has 2 aliphatic rings. The fourth-order valence-corrected chi connectivity index (χ4v) is 9.44. The molecule has 1 fully saturated rings. The third-order valence-corrected chi connectivity index (χ3v) is 8.38. The summed E-state index contributed by atoms with van der Waals surface area (Å²) in [6.07, 6.45) is -0.604. The molecule has 2 rings (SSSR count). The quantitative estimate of drug-likeness (QED) is 0.618. The summed E-state index contributed by atoms with van der Waals surface area (Å²) in [7, 11) is 0. The van der Waals surface area contributed by atoms with Crippen LogP contribution < -0.4 is 0 Å². The van der Waals surface area contributed by atoms with Gasteiger partial charge in [0.25, 0.3) is 0 Å². The van der Waals surface area contributed by atoms with Crippen LogP contribution in [0.5, 0.6) is 0 Å². The minimum atomic E-state index is -3.52. The van der Waals surface area contributed by atoms with Crippen LogP contribution in [0.4, 0.5) is 0 Å². The molecular weight excluding hydrogens is 351 g/mol. The van der Waals surface area contributed by atoms with E-state index in [1.807, 2.05) is 13.8 Å². The van der Waals surface area contributed by atoms with Crippen LogP contribution in [-0.2, 0) is 18.4 Å². The van der Waals surface area contributed by atoms with Gasteiger partial charge in [0.05, 0.1) is 0 Å². The van der Waals surface area contributed by atoms with Crippen LogP contribution in [0, 0.1) is 0 Å². The Morgan fingerprint density at radius 2 is 2.13 bits per heavy atom. The summed E-state index contributed by atoms with van der Waals surface area (Å²) in [4.78, 5) is 11.4. The molecule has 1 unspecified atom stereocenters. The van der Waals surface area contributed by atoms with Crippen molar-refractivity contribution >= 4 is 43.4 Å². The van der Waals surface area contributed by atoms with E-state index in [2.05, 4.69) is 31.4 Å². The monoisotopic (exact) mass is 360 g/mol. The average molecular weight is 362 g/mol. The molecule has 0 aliphatic carbocycles. The van der Waals surface area contributed by atoms with E-state index in [0.29, 0.717) is 0 Å². The summed E-state index contributed by atoms with van der Waals surface area (Å²) in [5.41, 5.74) is -0.550. The molecule has 0 saturated carbocycles. The summed E-state index contributed by atoms with van der Waals surface area (Å²) in [6.45, 7) is 5.38. The van der Waals surface area contributed by atoms with Crippen LogP contribution in [0.15, 0.2) is 10.3 Å². The normalized spacial score (nSPS) is 38.2. The van der Waals surface area contributed by atoms with E-state index in [4.69, 9.17) is 13.6 Å². The molecule has 0 amide bonds. The molecule has 0 aromatic rings. The second-order valence-electron chi connectivity index (χ2n) is 4.08. The number of carbonyl (C=O) groups is 1. The van der Waals surface area contributed by atoms with Gasteiger partial charge in [-0.15, -0.1) is 0 Å². The van der Waals surface area contributed by atoms with Crippen LogP contribution in [0.1, 0.15) is 20.8 Å². The number of rotatable bonds is 0. The first-order valence-electron chi connectivity index (χ1n) is 4.42. The fourth-order valence-electron chi connectivity index (χ4n) is 1.49. The molecule has 4 nitrogen and oxygen atoms in total. The summed E-state index contributed by atoms with van der Waals surface area (Å²) in [6, 6.07) is 0. The molecule has 2 aliphatic heterocycles. The van der Waals surface area contributed by atoms with Crippen LogP contribution in [-0.4, -0.2) is 17.7 Å². The molecule has 2 heterocycles. The van der Waals surface area contributed by atoms with E-state index < -0.39 is 23.7 Å². The second kappa shape index (κ2) is 3.05. The Labute approximate surface area is 104 Å². The molecule has 86 valence electrons. The predicted molar refractivity (Wildman–Crippen MR) is 64.7 cm³/mol. The Kier molecular flexibility index (Phi) is 2.43. The molecule has 0 N–H and O–H groups in total. The third-order valence-electron chi connectivity index (χ3n) is 2.21. The Morgan fingerprint density at radius 3 is 2.47 bits per heavy atom. The molecule has 0 radical (unpaired) electrons. The first-order valence-corrected chi connectivity index (χ1v) is 9.29. The SMILES string of the molecule is CC1OP2(Br)(C=C(Br)C(C)(C)O2)OC1=O. The summed E-state index contributed by atoms with van der Waals surface area (Å²) >= 11 is 6.73. The van der Waals surface area contributed by atoms with Crippen molar-refractivity contribution in [1.29, 1.82) is 0 Å². The van der Waals surface area contributed by atoms with Gasteiger partial charge >= 0.3 is 105 Å². The zero-order chi connectivity index (χ0) is 11.5. The van der Waals surface area contributed by atoms with Crippen LogP contribution in [0.25, 0.3) is 0 Å². The average Bonchev–Trinajstić information content (AvgIpc) is 2.29. The number of hydrogen-bond acceptors (Lipinski definition) is 4. The Bertz CT molecular complexity index is 383. The molecule has 1 atom stereocenters. The molecule has 1 saturated heterocycles. The fraction of sp³-hybridized carbons (Fsp3) is 0.625. The van der Waals surface area contributed by atoms with Crippen molar-refractivity contribution in [2.24, 2.45) is 0 Å². The summed E-state index contributed by atoms with van der Waals surface area (Å²) in [5.74, 6) is -2.22. The summed E-state index contributed by atoms with van der Waals surface area (Å²) in [5, 5.41) is 0. The van der Waals surface area contributed by atoms with Crippen LogP contribution >= 0.6 is 37.4 Å². The van der Waals surface area contributed by atoms with E-state index in [0.717, 1.165) is 4.48 Å². The van der Waals surface area contributed by atoms with Crippen molar-refractivity contribution in [2.75, 3.05) is 0 Å². The standard InChI is InChI=1S/C8H11Br2O4P/c1-5-7(11)13-15(10,12-5)4-6(9)8(2,3)14-15/h4-5H,1-3H3. The van der Waals surface area contributed by atoms with Gasteiger partial charge in [-0.1, -0.05) is 0 Å². The molecular formula is C8H11Br2O4P. The van der Waals surface area contributed by atoms with Gasteiger partial charge in [-0.25, -0.2) is 0 Å². The molecule has 15 heavy (non-hydrogen) atoms. The van der Waals surface area contributed by atoms with Crippen LogP contribution in [0.3, 0.4) is 0 Å². The second-order valence-corrected chi connectivity index (χ2v) is 11.3. The molecule has 0 aromatic heterocycles. The maximum absolute atomic E-state index is 11.4. The molecule has 0 aromatic carbocycles. The first kappa shape index (κ1) is 12.0. The van der Waals surface area contributed by atoms with Crippen molar-refractivity contribution in [2.45, 2.75) is 32.5 Å². The van der Waals surface area contributed by atoms with Crippen molar-refractivity contribution in [3.05, 3.63) is 10.3 Å². The van der Waals surface area contributed by atoms with Gasteiger partial charge in [-0.05, 0) is 0 Å². The summed E-state index contributed by atoms with van der Waals surface area (Å²) < 4.78 is 17.4.